The zero-order valence-corrected chi connectivity index (χ0v) is 18.9. The fourth-order valence-electron chi connectivity index (χ4n) is 4.14. The first-order chi connectivity index (χ1) is 15.7. The lowest BCUT2D eigenvalue weighted by Crippen LogP contribution is -2.23. The van der Waals surface area contributed by atoms with Crippen LogP contribution in [-0.2, 0) is 24.2 Å². The molecule has 0 unspecified atom stereocenters. The zero-order chi connectivity index (χ0) is 22.1. The van der Waals surface area contributed by atoms with Crippen LogP contribution in [0.3, 0.4) is 0 Å². The molecule has 3 aromatic heterocycles. The number of carbonyl (C=O) groups excluding carboxylic acids is 1. The van der Waals surface area contributed by atoms with Crippen LogP contribution >= 0.6 is 22.7 Å². The van der Waals surface area contributed by atoms with Crippen molar-refractivity contribution in [3.05, 3.63) is 68.4 Å². The van der Waals surface area contributed by atoms with Gasteiger partial charge in [0.1, 0.15) is 15.9 Å². The molecule has 1 aliphatic carbocycles. The van der Waals surface area contributed by atoms with E-state index in [9.17, 15) is 14.9 Å². The average Bonchev–Trinajstić information content (AvgIpc) is 3.40. The number of aromatic nitrogens is 2. The number of nitriles is 1. The molecule has 0 saturated carbocycles. The summed E-state index contributed by atoms with van der Waals surface area (Å²) in [6, 6.07) is 12.0. The van der Waals surface area contributed by atoms with Gasteiger partial charge < -0.3 is 5.32 Å². The van der Waals surface area contributed by atoms with Crippen molar-refractivity contribution in [1.29, 1.82) is 5.26 Å². The minimum Gasteiger partial charge on any atom is -0.317 e. The molecule has 1 aromatic carbocycles. The highest BCUT2D eigenvalue weighted by Crippen LogP contribution is 2.37. The van der Waals surface area contributed by atoms with E-state index in [-0.39, 0.29) is 24.4 Å². The van der Waals surface area contributed by atoms with Crippen LogP contribution in [0.25, 0.3) is 21.3 Å². The molecule has 0 bridgehead atoms. The number of benzene rings is 1. The van der Waals surface area contributed by atoms with Gasteiger partial charge in [0.05, 0.1) is 17.3 Å². The average molecular weight is 461 g/mol. The Morgan fingerprint density at radius 2 is 2.03 bits per heavy atom. The number of hydrogen-bond donors (Lipinski definition) is 1. The summed E-state index contributed by atoms with van der Waals surface area (Å²) in [7, 11) is 0. The maximum atomic E-state index is 13.1. The van der Waals surface area contributed by atoms with Crippen LogP contribution in [0.5, 0.6) is 0 Å². The second kappa shape index (κ2) is 8.69. The maximum absolute atomic E-state index is 13.1. The van der Waals surface area contributed by atoms with Crippen molar-refractivity contribution in [2.45, 2.75) is 38.6 Å². The van der Waals surface area contributed by atoms with Crippen molar-refractivity contribution < 1.29 is 4.79 Å². The topological polar surface area (TPSA) is 87.8 Å². The van der Waals surface area contributed by atoms with E-state index in [0.29, 0.717) is 20.8 Å². The number of anilines is 1. The standard InChI is InChI=1S/C24H20N4O2S2/c25-12-17-16-8-4-5-9-19(16)32-22(17)27-20(29)10-11-28-14-26-23-21(24(28)30)18(13-31-23)15-6-2-1-3-7-15/h1-3,6-7,13-14H,4-5,8-11H2,(H,27,29). The SMILES string of the molecule is N#Cc1c(NC(=O)CCn2cnc3scc(-c4ccccc4)c3c2=O)sc2c1CCCC2. The van der Waals surface area contributed by atoms with Crippen LogP contribution in [0.1, 0.15) is 35.3 Å². The molecule has 160 valence electrons. The van der Waals surface area contributed by atoms with E-state index in [1.54, 1.807) is 0 Å². The Balaban J connectivity index is 1.35. The monoisotopic (exact) mass is 460 g/mol. The summed E-state index contributed by atoms with van der Waals surface area (Å²) in [6.07, 6.45) is 5.71. The third-order valence-corrected chi connectivity index (χ3v) is 7.85. The molecule has 0 saturated heterocycles. The molecule has 0 atom stereocenters. The number of carbonyl (C=O) groups is 1. The predicted molar refractivity (Wildman–Crippen MR) is 128 cm³/mol. The Morgan fingerprint density at radius 3 is 2.84 bits per heavy atom. The molecule has 0 fully saturated rings. The normalized spacial score (nSPS) is 13.0. The molecule has 0 aliphatic heterocycles. The van der Waals surface area contributed by atoms with Gasteiger partial charge in [-0.05, 0) is 36.8 Å². The van der Waals surface area contributed by atoms with Crippen LogP contribution in [0.2, 0.25) is 0 Å². The van der Waals surface area contributed by atoms with Crippen molar-refractivity contribution in [2.24, 2.45) is 0 Å². The fourth-order valence-corrected chi connectivity index (χ4v) is 6.30. The van der Waals surface area contributed by atoms with E-state index in [1.807, 2.05) is 35.7 Å². The molecule has 3 heterocycles. The number of nitrogens with zero attached hydrogens (tertiary/aromatic N) is 3. The van der Waals surface area contributed by atoms with Crippen molar-refractivity contribution in [2.75, 3.05) is 5.32 Å². The Bertz CT molecular complexity index is 1410. The summed E-state index contributed by atoms with van der Waals surface area (Å²) in [5.41, 5.74) is 3.38. The van der Waals surface area contributed by atoms with Gasteiger partial charge in [-0.25, -0.2) is 4.98 Å². The zero-order valence-electron chi connectivity index (χ0n) is 17.3. The van der Waals surface area contributed by atoms with Crippen molar-refractivity contribution in [3.8, 4) is 17.2 Å². The summed E-state index contributed by atoms with van der Waals surface area (Å²) in [5, 5.41) is 15.6. The molecule has 6 nitrogen and oxygen atoms in total. The molecule has 0 radical (unpaired) electrons. The lowest BCUT2D eigenvalue weighted by molar-refractivity contribution is -0.116. The van der Waals surface area contributed by atoms with Crippen molar-refractivity contribution in [1.82, 2.24) is 9.55 Å². The van der Waals surface area contributed by atoms with Gasteiger partial charge in [-0.2, -0.15) is 5.26 Å². The molecule has 5 rings (SSSR count). The first-order valence-electron chi connectivity index (χ1n) is 10.5. The summed E-state index contributed by atoms with van der Waals surface area (Å²) in [5.74, 6) is -0.208. The van der Waals surface area contributed by atoms with Crippen molar-refractivity contribution >= 4 is 43.8 Å². The van der Waals surface area contributed by atoms with Gasteiger partial charge >= 0.3 is 0 Å². The number of nitrogens with one attached hydrogen (secondary N) is 1. The molecular weight excluding hydrogens is 440 g/mol. The molecule has 32 heavy (non-hydrogen) atoms. The summed E-state index contributed by atoms with van der Waals surface area (Å²) >= 11 is 2.95. The van der Waals surface area contributed by atoms with Gasteiger partial charge in [-0.1, -0.05) is 30.3 Å². The van der Waals surface area contributed by atoms with Gasteiger partial charge in [-0.15, -0.1) is 22.7 Å². The Labute approximate surface area is 192 Å². The van der Waals surface area contributed by atoms with Gasteiger partial charge in [0.15, 0.2) is 0 Å². The largest absolute Gasteiger partial charge is 0.317 e. The third kappa shape index (κ3) is 3.74. The second-order valence-electron chi connectivity index (χ2n) is 7.76. The lowest BCUT2D eigenvalue weighted by atomic mass is 9.96. The van der Waals surface area contributed by atoms with Crippen molar-refractivity contribution in [3.63, 3.8) is 0 Å². The predicted octanol–water partition coefficient (Wildman–Crippen LogP) is 4.97. The number of thiophene rings is 2. The first-order valence-corrected chi connectivity index (χ1v) is 12.2. The fraction of sp³-hybridized carbons (Fsp3) is 0.250. The number of amides is 1. The van der Waals surface area contributed by atoms with Gasteiger partial charge in [0.2, 0.25) is 5.91 Å². The van der Waals surface area contributed by atoms with E-state index in [2.05, 4.69) is 16.4 Å². The Kier molecular flexibility index (Phi) is 5.60. The van der Waals surface area contributed by atoms with Crippen LogP contribution in [-0.4, -0.2) is 15.5 Å². The quantitative estimate of drug-likeness (QED) is 0.456. The highest BCUT2D eigenvalue weighted by Gasteiger charge is 2.22. The molecule has 1 aliphatic rings. The molecular formula is C24H20N4O2S2. The number of rotatable bonds is 5. The molecule has 0 spiro atoms. The van der Waals surface area contributed by atoms with E-state index < -0.39 is 0 Å². The molecule has 1 N–H and O–H groups in total. The number of aryl methyl sites for hydroxylation is 2. The summed E-state index contributed by atoms with van der Waals surface area (Å²) in [4.78, 5) is 32.1. The van der Waals surface area contributed by atoms with Crippen LogP contribution < -0.4 is 10.9 Å². The van der Waals surface area contributed by atoms with Crippen LogP contribution in [0.4, 0.5) is 5.00 Å². The van der Waals surface area contributed by atoms with E-state index in [4.69, 9.17) is 0 Å². The first kappa shape index (κ1) is 20.6. The van der Waals surface area contributed by atoms with Crippen LogP contribution in [0, 0.1) is 11.3 Å². The summed E-state index contributed by atoms with van der Waals surface area (Å²) in [6.45, 7) is 0.227. The summed E-state index contributed by atoms with van der Waals surface area (Å²) < 4.78 is 1.49. The molecule has 4 aromatic rings. The van der Waals surface area contributed by atoms with E-state index >= 15 is 0 Å². The smallest absolute Gasteiger partial charge is 0.262 e. The lowest BCUT2D eigenvalue weighted by Gasteiger charge is -2.09. The van der Waals surface area contributed by atoms with Gasteiger partial charge in [0.25, 0.3) is 5.56 Å². The minimum atomic E-state index is -0.208. The third-order valence-electron chi connectivity index (χ3n) is 5.76. The number of hydrogen-bond acceptors (Lipinski definition) is 6. The van der Waals surface area contributed by atoms with E-state index in [1.165, 1.54) is 38.4 Å². The molecule has 1 amide bonds. The van der Waals surface area contributed by atoms with Crippen LogP contribution in [0.15, 0.2) is 46.8 Å². The second-order valence-corrected chi connectivity index (χ2v) is 9.73. The minimum absolute atomic E-state index is 0.130. The van der Waals surface area contributed by atoms with Gasteiger partial charge in [-0.3, -0.25) is 14.2 Å². The molecule has 8 heteroatoms. The Hall–Kier alpha value is -3.28. The highest BCUT2D eigenvalue weighted by atomic mass is 32.1. The highest BCUT2D eigenvalue weighted by molar-refractivity contribution is 7.17. The number of fused-ring (bicyclic) bond motifs is 2. The van der Waals surface area contributed by atoms with Gasteiger partial charge in [0, 0.05) is 28.8 Å². The maximum Gasteiger partial charge on any atom is 0.262 e. The van der Waals surface area contributed by atoms with E-state index in [0.717, 1.165) is 42.4 Å². The Morgan fingerprint density at radius 1 is 1.22 bits per heavy atom.